The van der Waals surface area contributed by atoms with Crippen LogP contribution in [0.15, 0.2) is 152 Å². The molecule has 0 amide bonds. The van der Waals surface area contributed by atoms with Crippen molar-refractivity contribution in [1.29, 1.82) is 0 Å². The van der Waals surface area contributed by atoms with E-state index < -0.39 is 0 Å². The van der Waals surface area contributed by atoms with Crippen LogP contribution < -0.4 is 0 Å². The lowest BCUT2D eigenvalue weighted by Crippen LogP contribution is -2.10. The van der Waals surface area contributed by atoms with Gasteiger partial charge in [-0.1, -0.05) is 130 Å². The molecule has 0 atom stereocenters. The van der Waals surface area contributed by atoms with Crippen LogP contribution in [0.1, 0.15) is 26.3 Å². The van der Waals surface area contributed by atoms with Crippen LogP contribution in [-0.2, 0) is 5.41 Å². The normalized spacial score (nSPS) is 11.8. The molecule has 8 rings (SSSR count). The summed E-state index contributed by atoms with van der Waals surface area (Å²) in [5.74, 6) is 1.52. The van der Waals surface area contributed by atoms with Crippen LogP contribution in [0.2, 0.25) is 0 Å². The highest BCUT2D eigenvalue weighted by Gasteiger charge is 2.17. The number of para-hydroxylation sites is 1. The zero-order valence-electron chi connectivity index (χ0n) is 26.2. The molecule has 0 aliphatic rings. The number of hydrogen-bond acceptors (Lipinski definition) is 2. The number of benzene rings is 6. The van der Waals surface area contributed by atoms with Crippen molar-refractivity contribution >= 4 is 21.8 Å². The Morgan fingerprint density at radius 3 is 1.76 bits per heavy atom. The number of fused-ring (bicyclic) bond motifs is 3. The van der Waals surface area contributed by atoms with E-state index in [0.29, 0.717) is 5.82 Å². The first-order valence-electron chi connectivity index (χ1n) is 15.8. The fourth-order valence-electron chi connectivity index (χ4n) is 6.31. The van der Waals surface area contributed by atoms with E-state index in [9.17, 15) is 0 Å². The molecular weight excluding hydrogens is 560 g/mol. The van der Waals surface area contributed by atoms with Crippen molar-refractivity contribution in [2.75, 3.05) is 0 Å². The van der Waals surface area contributed by atoms with Crippen molar-refractivity contribution < 1.29 is 0 Å². The summed E-state index contributed by atoms with van der Waals surface area (Å²) in [7, 11) is 0. The molecule has 4 nitrogen and oxygen atoms in total. The van der Waals surface area contributed by atoms with Crippen molar-refractivity contribution in [3.8, 4) is 45.3 Å². The van der Waals surface area contributed by atoms with Crippen molar-refractivity contribution in [1.82, 2.24) is 19.3 Å². The zero-order chi connectivity index (χ0) is 31.3. The van der Waals surface area contributed by atoms with Gasteiger partial charge < -0.3 is 4.57 Å². The third kappa shape index (κ3) is 4.89. The molecule has 0 aliphatic heterocycles. The lowest BCUT2D eigenvalue weighted by Gasteiger charge is -2.19. The van der Waals surface area contributed by atoms with Crippen molar-refractivity contribution in [2.24, 2.45) is 0 Å². The second kappa shape index (κ2) is 11.0. The first-order chi connectivity index (χ1) is 22.4. The maximum Gasteiger partial charge on any atom is 0.182 e. The van der Waals surface area contributed by atoms with E-state index in [1.54, 1.807) is 0 Å². The molecule has 0 fully saturated rings. The molecule has 0 spiro atoms. The first kappa shape index (κ1) is 27.8. The predicted octanol–water partition coefficient (Wildman–Crippen LogP) is 10.7. The Morgan fingerprint density at radius 2 is 1.07 bits per heavy atom. The number of nitrogens with zero attached hydrogens (tertiary/aromatic N) is 4. The van der Waals surface area contributed by atoms with Crippen LogP contribution in [0.3, 0.4) is 0 Å². The Hall–Kier alpha value is -5.74. The molecule has 46 heavy (non-hydrogen) atoms. The van der Waals surface area contributed by atoms with E-state index in [2.05, 4.69) is 128 Å². The topological polar surface area (TPSA) is 35.6 Å². The van der Waals surface area contributed by atoms with Crippen LogP contribution in [0.4, 0.5) is 0 Å². The summed E-state index contributed by atoms with van der Waals surface area (Å²) >= 11 is 0. The zero-order valence-corrected chi connectivity index (χ0v) is 26.2. The minimum absolute atomic E-state index is 0.132. The van der Waals surface area contributed by atoms with E-state index in [1.807, 2.05) is 53.2 Å². The smallest absolute Gasteiger partial charge is 0.182 e. The minimum atomic E-state index is 0.132. The van der Waals surface area contributed by atoms with Gasteiger partial charge in [0.15, 0.2) is 11.6 Å². The molecular formula is C42H34N4. The van der Waals surface area contributed by atoms with Gasteiger partial charge in [-0.2, -0.15) is 0 Å². The Labute approximate surface area is 269 Å². The monoisotopic (exact) mass is 594 g/mol. The third-order valence-electron chi connectivity index (χ3n) is 8.78. The number of aromatic nitrogens is 4. The molecule has 0 bridgehead atoms. The summed E-state index contributed by atoms with van der Waals surface area (Å²) in [4.78, 5) is 4.98. The van der Waals surface area contributed by atoms with Gasteiger partial charge in [0.1, 0.15) is 0 Å². The van der Waals surface area contributed by atoms with E-state index >= 15 is 0 Å². The van der Waals surface area contributed by atoms with Gasteiger partial charge in [0.25, 0.3) is 0 Å². The summed E-state index contributed by atoms with van der Waals surface area (Å²) in [5.41, 5.74) is 10.4. The van der Waals surface area contributed by atoms with E-state index in [0.717, 1.165) is 28.3 Å². The lowest BCUT2D eigenvalue weighted by atomic mass is 9.86. The lowest BCUT2D eigenvalue weighted by molar-refractivity contribution is 0.590. The Morgan fingerprint density at radius 1 is 0.478 bits per heavy atom. The van der Waals surface area contributed by atoms with E-state index in [4.69, 9.17) is 10.1 Å². The summed E-state index contributed by atoms with van der Waals surface area (Å²) in [6.45, 7) is 6.77. The maximum absolute atomic E-state index is 4.98. The fourth-order valence-corrected chi connectivity index (χ4v) is 6.31. The molecule has 222 valence electrons. The average molecular weight is 595 g/mol. The number of hydrogen-bond donors (Lipinski definition) is 0. The van der Waals surface area contributed by atoms with Gasteiger partial charge in [-0.25, -0.2) is 9.67 Å². The summed E-state index contributed by atoms with van der Waals surface area (Å²) < 4.78 is 4.31. The fraction of sp³-hybridized carbons (Fsp3) is 0.0952. The van der Waals surface area contributed by atoms with Gasteiger partial charge in [0.2, 0.25) is 0 Å². The second-order valence-corrected chi connectivity index (χ2v) is 12.8. The largest absolute Gasteiger partial charge is 0.309 e. The van der Waals surface area contributed by atoms with Crippen LogP contribution in [0.5, 0.6) is 0 Å². The molecule has 0 saturated heterocycles. The summed E-state index contributed by atoms with van der Waals surface area (Å²) in [6, 6.07) is 53.5. The SMILES string of the molecule is CC(C)(C)c1ccc(-c2ccc3c(c2)c2ccccc2n3-c2ccc(-n3nc(-c4ccccc4)nc3-c3ccccc3)cc2)cc1. The van der Waals surface area contributed by atoms with Gasteiger partial charge in [-0.15, -0.1) is 5.10 Å². The molecule has 2 heterocycles. The molecule has 0 radical (unpaired) electrons. The highest BCUT2D eigenvalue weighted by atomic mass is 15.4. The van der Waals surface area contributed by atoms with Crippen LogP contribution in [-0.4, -0.2) is 19.3 Å². The van der Waals surface area contributed by atoms with Gasteiger partial charge in [-0.3, -0.25) is 0 Å². The molecule has 6 aromatic carbocycles. The predicted molar refractivity (Wildman–Crippen MR) is 191 cm³/mol. The molecule has 0 N–H and O–H groups in total. The van der Waals surface area contributed by atoms with Crippen LogP contribution >= 0.6 is 0 Å². The molecule has 0 aliphatic carbocycles. The summed E-state index contributed by atoms with van der Waals surface area (Å²) in [6.07, 6.45) is 0. The Kier molecular flexibility index (Phi) is 6.65. The highest BCUT2D eigenvalue weighted by molar-refractivity contribution is 6.10. The van der Waals surface area contributed by atoms with Crippen LogP contribution in [0.25, 0.3) is 67.1 Å². The van der Waals surface area contributed by atoms with Crippen molar-refractivity contribution in [2.45, 2.75) is 26.2 Å². The van der Waals surface area contributed by atoms with Crippen molar-refractivity contribution in [3.05, 3.63) is 157 Å². The second-order valence-electron chi connectivity index (χ2n) is 12.8. The minimum Gasteiger partial charge on any atom is -0.309 e. The van der Waals surface area contributed by atoms with E-state index in [1.165, 1.54) is 38.5 Å². The highest BCUT2D eigenvalue weighted by Crippen LogP contribution is 2.36. The molecule has 0 saturated carbocycles. The average Bonchev–Trinajstić information content (AvgIpc) is 3.69. The quantitative estimate of drug-likeness (QED) is 0.199. The van der Waals surface area contributed by atoms with Gasteiger partial charge >= 0.3 is 0 Å². The van der Waals surface area contributed by atoms with Crippen molar-refractivity contribution in [3.63, 3.8) is 0 Å². The number of rotatable bonds is 5. The molecule has 0 unspecified atom stereocenters. The van der Waals surface area contributed by atoms with Gasteiger partial charge in [0, 0.05) is 27.6 Å². The Bertz CT molecular complexity index is 2300. The molecule has 4 heteroatoms. The maximum atomic E-state index is 4.98. The van der Waals surface area contributed by atoms with Gasteiger partial charge in [-0.05, 0) is 64.6 Å². The van der Waals surface area contributed by atoms with Gasteiger partial charge in [0.05, 0.1) is 16.7 Å². The molecule has 8 aromatic rings. The van der Waals surface area contributed by atoms with E-state index in [-0.39, 0.29) is 5.41 Å². The first-order valence-corrected chi connectivity index (χ1v) is 15.8. The standard InChI is InChI=1S/C42H34N4/c1-42(2,3)33-21-18-29(19-22-33)32-20-27-39-37(28-32)36-16-10-11-17-38(36)45(39)34-23-25-35(26-24-34)46-41(31-14-8-5-9-15-31)43-40(44-46)30-12-6-4-7-13-30/h4-28H,1-3H3. The third-order valence-corrected chi connectivity index (χ3v) is 8.78. The molecule has 2 aromatic heterocycles. The Balaban J connectivity index is 1.22. The summed E-state index contributed by atoms with van der Waals surface area (Å²) in [5, 5.41) is 7.46. The van der Waals surface area contributed by atoms with Crippen LogP contribution in [0, 0.1) is 0 Å².